The van der Waals surface area contributed by atoms with Gasteiger partial charge in [0.2, 0.25) is 20.9 Å². The SMILES string of the molecule is CS(=O)(=O)c1nccc(O[C@H]2CO[C@H]3[C@@H]2OC[C@@H]3OC(=O)c2ccccc2)n1. The van der Waals surface area contributed by atoms with Gasteiger partial charge in [0, 0.05) is 18.5 Å². The number of esters is 1. The minimum Gasteiger partial charge on any atom is -0.469 e. The van der Waals surface area contributed by atoms with Crippen molar-refractivity contribution in [2.24, 2.45) is 0 Å². The van der Waals surface area contributed by atoms with Crippen LogP contribution in [0.3, 0.4) is 0 Å². The van der Waals surface area contributed by atoms with E-state index < -0.39 is 40.2 Å². The van der Waals surface area contributed by atoms with Crippen molar-refractivity contribution in [2.75, 3.05) is 19.5 Å². The molecule has 0 amide bonds. The first-order valence-corrected chi connectivity index (χ1v) is 10.5. The van der Waals surface area contributed by atoms with Crippen LogP contribution in [0, 0.1) is 0 Å². The minimum atomic E-state index is -3.55. The molecule has 2 saturated heterocycles. The van der Waals surface area contributed by atoms with Crippen molar-refractivity contribution in [3.63, 3.8) is 0 Å². The molecule has 1 aromatic heterocycles. The molecule has 0 unspecified atom stereocenters. The van der Waals surface area contributed by atoms with Gasteiger partial charge < -0.3 is 18.9 Å². The monoisotopic (exact) mass is 406 g/mol. The van der Waals surface area contributed by atoms with Crippen LogP contribution in [-0.2, 0) is 24.0 Å². The van der Waals surface area contributed by atoms with E-state index in [0.717, 1.165) is 6.26 Å². The molecule has 0 N–H and O–H groups in total. The van der Waals surface area contributed by atoms with Crippen LogP contribution in [0.5, 0.6) is 5.88 Å². The molecular weight excluding hydrogens is 388 g/mol. The maximum absolute atomic E-state index is 12.3. The number of ether oxygens (including phenoxy) is 4. The predicted molar refractivity (Wildman–Crippen MR) is 94.7 cm³/mol. The van der Waals surface area contributed by atoms with Gasteiger partial charge >= 0.3 is 5.97 Å². The largest absolute Gasteiger partial charge is 0.469 e. The molecule has 0 spiro atoms. The summed E-state index contributed by atoms with van der Waals surface area (Å²) in [7, 11) is -3.55. The smallest absolute Gasteiger partial charge is 0.338 e. The summed E-state index contributed by atoms with van der Waals surface area (Å²) in [5, 5.41) is -0.317. The van der Waals surface area contributed by atoms with Gasteiger partial charge in [-0.25, -0.2) is 18.2 Å². The molecule has 9 nitrogen and oxygen atoms in total. The second kappa shape index (κ2) is 7.46. The van der Waals surface area contributed by atoms with Crippen LogP contribution in [0.4, 0.5) is 0 Å². The second-order valence-electron chi connectivity index (χ2n) is 6.51. The average molecular weight is 406 g/mol. The van der Waals surface area contributed by atoms with Gasteiger partial charge in [-0.3, -0.25) is 0 Å². The molecule has 1 aromatic carbocycles. The molecule has 4 rings (SSSR count). The van der Waals surface area contributed by atoms with Crippen LogP contribution < -0.4 is 4.74 Å². The molecule has 10 heteroatoms. The zero-order chi connectivity index (χ0) is 19.7. The third-order valence-electron chi connectivity index (χ3n) is 4.44. The highest BCUT2D eigenvalue weighted by atomic mass is 32.2. The summed E-state index contributed by atoms with van der Waals surface area (Å²) in [5.41, 5.74) is 0.450. The molecule has 2 aromatic rings. The van der Waals surface area contributed by atoms with Gasteiger partial charge in [-0.15, -0.1) is 0 Å². The first-order chi connectivity index (χ1) is 13.4. The Hall–Kier alpha value is -2.56. The van der Waals surface area contributed by atoms with Crippen LogP contribution in [0.2, 0.25) is 0 Å². The molecule has 3 heterocycles. The van der Waals surface area contributed by atoms with E-state index in [9.17, 15) is 13.2 Å². The normalized spacial score (nSPS) is 26.6. The van der Waals surface area contributed by atoms with Crippen LogP contribution in [0.15, 0.2) is 47.8 Å². The number of rotatable bonds is 5. The predicted octanol–water partition coefficient (Wildman–Crippen LogP) is 0.651. The van der Waals surface area contributed by atoms with Crippen molar-refractivity contribution >= 4 is 15.8 Å². The Balaban J connectivity index is 1.41. The lowest BCUT2D eigenvalue weighted by Gasteiger charge is -2.17. The van der Waals surface area contributed by atoms with Crippen LogP contribution in [-0.4, -0.2) is 68.2 Å². The Kier molecular flexibility index (Phi) is 5.00. The lowest BCUT2D eigenvalue weighted by molar-refractivity contribution is -0.0192. The summed E-state index contributed by atoms with van der Waals surface area (Å²) >= 11 is 0. The van der Waals surface area contributed by atoms with Gasteiger partial charge in [-0.05, 0) is 12.1 Å². The summed E-state index contributed by atoms with van der Waals surface area (Å²) in [6, 6.07) is 10.1. The number of hydrogen-bond acceptors (Lipinski definition) is 9. The maximum Gasteiger partial charge on any atom is 0.338 e. The van der Waals surface area contributed by atoms with Gasteiger partial charge in [-0.2, -0.15) is 4.98 Å². The number of carbonyl (C=O) groups excluding carboxylic acids is 1. The van der Waals surface area contributed by atoms with E-state index in [4.69, 9.17) is 18.9 Å². The van der Waals surface area contributed by atoms with Gasteiger partial charge in [0.15, 0.2) is 12.2 Å². The van der Waals surface area contributed by atoms with Crippen molar-refractivity contribution in [3.8, 4) is 5.88 Å². The number of carbonyl (C=O) groups is 1. The first kappa shape index (κ1) is 18.8. The molecule has 2 aliphatic rings. The van der Waals surface area contributed by atoms with Crippen molar-refractivity contribution in [1.82, 2.24) is 9.97 Å². The summed E-state index contributed by atoms with van der Waals surface area (Å²) in [6.07, 6.45) is 0.355. The molecule has 2 fully saturated rings. The summed E-state index contributed by atoms with van der Waals surface area (Å²) in [5.74, 6) is -0.339. The highest BCUT2D eigenvalue weighted by Gasteiger charge is 2.51. The van der Waals surface area contributed by atoms with Gasteiger partial charge in [0.25, 0.3) is 0 Å². The number of nitrogens with zero attached hydrogens (tertiary/aromatic N) is 2. The fourth-order valence-electron chi connectivity index (χ4n) is 3.14. The molecule has 0 aliphatic carbocycles. The summed E-state index contributed by atoms with van der Waals surface area (Å²) in [4.78, 5) is 19.9. The Labute approximate surface area is 161 Å². The van der Waals surface area contributed by atoms with Crippen LogP contribution in [0.25, 0.3) is 0 Å². The average Bonchev–Trinajstić information content (AvgIpc) is 3.26. The van der Waals surface area contributed by atoms with Crippen molar-refractivity contribution < 1.29 is 32.2 Å². The van der Waals surface area contributed by atoms with Gasteiger partial charge in [0.1, 0.15) is 12.2 Å². The van der Waals surface area contributed by atoms with Crippen molar-refractivity contribution in [1.29, 1.82) is 0 Å². The fraction of sp³-hybridized carbons (Fsp3) is 0.389. The molecular formula is C18H18N2O7S. The number of benzene rings is 1. The van der Waals surface area contributed by atoms with Crippen molar-refractivity contribution in [2.45, 2.75) is 29.6 Å². The van der Waals surface area contributed by atoms with E-state index in [0.29, 0.717) is 5.56 Å². The lowest BCUT2D eigenvalue weighted by Crippen LogP contribution is -2.36. The van der Waals surface area contributed by atoms with E-state index in [1.54, 1.807) is 24.3 Å². The third kappa shape index (κ3) is 3.84. The maximum atomic E-state index is 12.3. The van der Waals surface area contributed by atoms with Crippen LogP contribution >= 0.6 is 0 Å². The Morgan fingerprint density at radius 3 is 2.46 bits per heavy atom. The molecule has 0 radical (unpaired) electrons. The van der Waals surface area contributed by atoms with E-state index in [1.807, 2.05) is 6.07 Å². The third-order valence-corrected chi connectivity index (χ3v) is 5.30. The summed E-state index contributed by atoms with van der Waals surface area (Å²) in [6.45, 7) is 0.388. The zero-order valence-electron chi connectivity index (χ0n) is 14.9. The minimum absolute atomic E-state index is 0.109. The molecule has 28 heavy (non-hydrogen) atoms. The topological polar surface area (TPSA) is 114 Å². The number of hydrogen-bond donors (Lipinski definition) is 0. The summed E-state index contributed by atoms with van der Waals surface area (Å²) < 4.78 is 45.9. The van der Waals surface area contributed by atoms with E-state index in [2.05, 4.69) is 9.97 Å². The fourth-order valence-corrected chi connectivity index (χ4v) is 3.64. The quantitative estimate of drug-likeness (QED) is 0.521. The van der Waals surface area contributed by atoms with Gasteiger partial charge in [0.05, 0.1) is 18.8 Å². The van der Waals surface area contributed by atoms with E-state index >= 15 is 0 Å². The lowest BCUT2D eigenvalue weighted by atomic mass is 10.1. The molecule has 148 valence electrons. The zero-order valence-corrected chi connectivity index (χ0v) is 15.7. The molecule has 0 saturated carbocycles. The number of fused-ring (bicyclic) bond motifs is 1. The Bertz CT molecular complexity index is 967. The molecule has 4 atom stereocenters. The molecule has 0 bridgehead atoms. The van der Waals surface area contributed by atoms with Gasteiger partial charge in [-0.1, -0.05) is 18.2 Å². The Morgan fingerprint density at radius 1 is 1.07 bits per heavy atom. The molecule has 2 aliphatic heterocycles. The van der Waals surface area contributed by atoms with E-state index in [1.165, 1.54) is 12.3 Å². The second-order valence-corrected chi connectivity index (χ2v) is 8.42. The van der Waals surface area contributed by atoms with Crippen LogP contribution in [0.1, 0.15) is 10.4 Å². The standard InChI is InChI=1S/C18H18N2O7S/c1-28(22,23)18-19-8-7-14(20-18)26-12-9-24-16-13(10-25-15(12)16)27-17(21)11-5-3-2-4-6-11/h2-8,12-13,15-16H,9-10H2,1H3/t12-,13-,15+,16+/m0/s1. The highest BCUT2D eigenvalue weighted by Crippen LogP contribution is 2.31. The van der Waals surface area contributed by atoms with E-state index in [-0.39, 0.29) is 24.3 Å². The first-order valence-electron chi connectivity index (χ1n) is 8.61. The van der Waals surface area contributed by atoms with Crippen molar-refractivity contribution in [3.05, 3.63) is 48.2 Å². The Morgan fingerprint density at radius 2 is 1.75 bits per heavy atom. The number of aromatic nitrogens is 2. The number of sulfone groups is 1. The highest BCUT2D eigenvalue weighted by molar-refractivity contribution is 7.90.